The molecule has 0 aromatic heterocycles. The van der Waals surface area contributed by atoms with E-state index in [2.05, 4.69) is 5.32 Å². The first-order valence-corrected chi connectivity index (χ1v) is 8.30. The van der Waals surface area contributed by atoms with E-state index in [1.165, 1.54) is 11.8 Å². The molecule has 2 atom stereocenters. The fourth-order valence-corrected chi connectivity index (χ4v) is 3.44. The average Bonchev–Trinajstić information content (AvgIpc) is 2.93. The zero-order chi connectivity index (χ0) is 15.2. The van der Waals surface area contributed by atoms with Crippen molar-refractivity contribution in [2.45, 2.75) is 24.2 Å². The Morgan fingerprint density at radius 2 is 2.00 bits per heavy atom. The number of hydrogen-bond acceptors (Lipinski definition) is 3. The molecule has 4 nitrogen and oxygen atoms in total. The SMILES string of the molecule is O=C(CSc1ccc(Cl)cc1)NCC1CCCC1C(=O)O. The van der Waals surface area contributed by atoms with Gasteiger partial charge in [-0.05, 0) is 43.0 Å². The second-order valence-electron chi connectivity index (χ2n) is 5.18. The van der Waals surface area contributed by atoms with Crippen LogP contribution in [0.2, 0.25) is 5.02 Å². The number of aliphatic carboxylic acids is 1. The van der Waals surface area contributed by atoms with Gasteiger partial charge in [-0.25, -0.2) is 0 Å². The Balaban J connectivity index is 1.72. The van der Waals surface area contributed by atoms with E-state index in [4.69, 9.17) is 16.7 Å². The lowest BCUT2D eigenvalue weighted by Gasteiger charge is -2.16. The number of carbonyl (C=O) groups is 2. The summed E-state index contributed by atoms with van der Waals surface area (Å²) in [7, 11) is 0. The minimum absolute atomic E-state index is 0.0620. The third-order valence-corrected chi connectivity index (χ3v) is 4.99. The molecule has 6 heteroatoms. The van der Waals surface area contributed by atoms with Crippen LogP contribution in [0.25, 0.3) is 0 Å². The normalized spacial score (nSPS) is 21.2. The number of benzene rings is 1. The van der Waals surface area contributed by atoms with Crippen LogP contribution in [0.4, 0.5) is 0 Å². The molecule has 1 aliphatic rings. The summed E-state index contributed by atoms with van der Waals surface area (Å²) in [4.78, 5) is 23.9. The highest BCUT2D eigenvalue weighted by atomic mass is 35.5. The molecule has 0 radical (unpaired) electrons. The van der Waals surface area contributed by atoms with Crippen LogP contribution in [-0.4, -0.2) is 29.3 Å². The molecule has 0 saturated heterocycles. The maximum Gasteiger partial charge on any atom is 0.306 e. The number of carbonyl (C=O) groups excluding carboxylic acids is 1. The zero-order valence-electron chi connectivity index (χ0n) is 11.5. The van der Waals surface area contributed by atoms with Crippen LogP contribution in [0.1, 0.15) is 19.3 Å². The second-order valence-corrected chi connectivity index (χ2v) is 6.67. The van der Waals surface area contributed by atoms with Gasteiger partial charge < -0.3 is 10.4 Å². The van der Waals surface area contributed by atoms with Gasteiger partial charge in [-0.3, -0.25) is 9.59 Å². The molecule has 1 aromatic rings. The van der Waals surface area contributed by atoms with E-state index in [0.717, 1.165) is 24.2 Å². The molecule has 1 aromatic carbocycles. The lowest BCUT2D eigenvalue weighted by Crippen LogP contribution is -2.33. The van der Waals surface area contributed by atoms with E-state index in [1.54, 1.807) is 12.1 Å². The van der Waals surface area contributed by atoms with Crippen molar-refractivity contribution >= 4 is 35.2 Å². The Labute approximate surface area is 133 Å². The molecule has 1 aliphatic carbocycles. The Morgan fingerprint density at radius 3 is 2.67 bits per heavy atom. The van der Waals surface area contributed by atoms with Gasteiger partial charge >= 0.3 is 5.97 Å². The van der Waals surface area contributed by atoms with Crippen LogP contribution in [0.15, 0.2) is 29.2 Å². The van der Waals surface area contributed by atoms with Gasteiger partial charge in [0.25, 0.3) is 0 Å². The molecule has 0 aliphatic heterocycles. The summed E-state index contributed by atoms with van der Waals surface area (Å²) >= 11 is 7.24. The monoisotopic (exact) mass is 327 g/mol. The first-order valence-electron chi connectivity index (χ1n) is 6.94. The van der Waals surface area contributed by atoms with Crippen LogP contribution in [0.5, 0.6) is 0 Å². The average molecular weight is 328 g/mol. The van der Waals surface area contributed by atoms with Crippen molar-refractivity contribution in [3.63, 3.8) is 0 Å². The number of carboxylic acids is 1. The van der Waals surface area contributed by atoms with Crippen LogP contribution in [0, 0.1) is 11.8 Å². The van der Waals surface area contributed by atoms with E-state index < -0.39 is 5.97 Å². The molecule has 2 unspecified atom stereocenters. The zero-order valence-corrected chi connectivity index (χ0v) is 13.1. The summed E-state index contributed by atoms with van der Waals surface area (Å²) in [6.07, 6.45) is 2.52. The summed E-state index contributed by atoms with van der Waals surface area (Å²) in [5.41, 5.74) is 0. The number of rotatable bonds is 6. The molecule has 2 rings (SSSR count). The highest BCUT2D eigenvalue weighted by molar-refractivity contribution is 8.00. The topological polar surface area (TPSA) is 66.4 Å². The van der Waals surface area contributed by atoms with E-state index >= 15 is 0 Å². The predicted molar refractivity (Wildman–Crippen MR) is 83.7 cm³/mol. The van der Waals surface area contributed by atoms with Crippen molar-refractivity contribution in [1.29, 1.82) is 0 Å². The molecule has 1 amide bonds. The van der Waals surface area contributed by atoms with Crippen LogP contribution >= 0.6 is 23.4 Å². The summed E-state index contributed by atoms with van der Waals surface area (Å²) in [6, 6.07) is 7.32. The summed E-state index contributed by atoms with van der Waals surface area (Å²) < 4.78 is 0. The molecule has 21 heavy (non-hydrogen) atoms. The van der Waals surface area contributed by atoms with E-state index in [0.29, 0.717) is 17.3 Å². The number of thioether (sulfide) groups is 1. The highest BCUT2D eigenvalue weighted by Crippen LogP contribution is 2.31. The van der Waals surface area contributed by atoms with Crippen LogP contribution < -0.4 is 5.32 Å². The number of carboxylic acid groups (broad SMARTS) is 1. The van der Waals surface area contributed by atoms with Gasteiger partial charge in [0.15, 0.2) is 0 Å². The van der Waals surface area contributed by atoms with Crippen LogP contribution in [-0.2, 0) is 9.59 Å². The van der Waals surface area contributed by atoms with Crippen molar-refractivity contribution < 1.29 is 14.7 Å². The molecule has 2 N–H and O–H groups in total. The largest absolute Gasteiger partial charge is 0.481 e. The van der Waals surface area contributed by atoms with Crippen molar-refractivity contribution in [2.24, 2.45) is 11.8 Å². The van der Waals surface area contributed by atoms with Gasteiger partial charge in [0.1, 0.15) is 0 Å². The lowest BCUT2D eigenvalue weighted by atomic mass is 9.96. The smallest absolute Gasteiger partial charge is 0.306 e. The molecule has 1 saturated carbocycles. The quantitative estimate of drug-likeness (QED) is 0.788. The minimum Gasteiger partial charge on any atom is -0.481 e. The summed E-state index contributed by atoms with van der Waals surface area (Å²) in [6.45, 7) is 0.455. The fourth-order valence-electron chi connectivity index (χ4n) is 2.58. The summed E-state index contributed by atoms with van der Waals surface area (Å²) in [5.74, 6) is -0.735. The second kappa shape index (κ2) is 7.71. The first kappa shape index (κ1) is 16.2. The van der Waals surface area contributed by atoms with Gasteiger partial charge in [0, 0.05) is 16.5 Å². The van der Waals surface area contributed by atoms with Crippen molar-refractivity contribution in [2.75, 3.05) is 12.3 Å². The molecule has 0 bridgehead atoms. The maximum absolute atomic E-state index is 11.8. The van der Waals surface area contributed by atoms with Crippen LogP contribution in [0.3, 0.4) is 0 Å². The standard InChI is InChI=1S/C15H18ClNO3S/c16-11-4-6-12(7-5-11)21-9-14(18)17-8-10-2-1-3-13(10)15(19)20/h4-7,10,13H,1-3,8-9H2,(H,17,18)(H,19,20). The Hall–Kier alpha value is -1.20. The molecule has 0 spiro atoms. The molecular weight excluding hydrogens is 310 g/mol. The minimum atomic E-state index is -0.748. The fraction of sp³-hybridized carbons (Fsp3) is 0.467. The van der Waals surface area contributed by atoms with E-state index in [-0.39, 0.29) is 17.7 Å². The number of halogens is 1. The van der Waals surface area contributed by atoms with Crippen molar-refractivity contribution in [3.05, 3.63) is 29.3 Å². The lowest BCUT2D eigenvalue weighted by molar-refractivity contribution is -0.143. The molecule has 1 fully saturated rings. The predicted octanol–water partition coefficient (Wildman–Crippen LogP) is 3.05. The Morgan fingerprint density at radius 1 is 1.29 bits per heavy atom. The highest BCUT2D eigenvalue weighted by Gasteiger charge is 2.32. The van der Waals surface area contributed by atoms with Gasteiger partial charge in [-0.2, -0.15) is 0 Å². The van der Waals surface area contributed by atoms with Crippen molar-refractivity contribution in [1.82, 2.24) is 5.32 Å². The van der Waals surface area contributed by atoms with E-state index in [1.807, 2.05) is 12.1 Å². The van der Waals surface area contributed by atoms with Gasteiger partial charge in [-0.15, -0.1) is 11.8 Å². The Kier molecular flexibility index (Phi) is 5.94. The third kappa shape index (κ3) is 4.93. The van der Waals surface area contributed by atoms with Crippen molar-refractivity contribution in [3.8, 4) is 0 Å². The Bertz CT molecular complexity index is 506. The molecule has 0 heterocycles. The van der Waals surface area contributed by atoms with Gasteiger partial charge in [0.2, 0.25) is 5.91 Å². The third-order valence-electron chi connectivity index (χ3n) is 3.72. The van der Waals surface area contributed by atoms with Gasteiger partial charge in [-0.1, -0.05) is 18.0 Å². The summed E-state index contributed by atoms with van der Waals surface area (Å²) in [5, 5.41) is 12.6. The molecular formula is C15H18ClNO3S. The maximum atomic E-state index is 11.8. The van der Waals surface area contributed by atoms with Gasteiger partial charge in [0.05, 0.1) is 11.7 Å². The number of nitrogens with one attached hydrogen (secondary N) is 1. The number of amides is 1. The first-order chi connectivity index (χ1) is 10.1. The van der Waals surface area contributed by atoms with E-state index in [9.17, 15) is 9.59 Å². The number of hydrogen-bond donors (Lipinski definition) is 2. The molecule has 114 valence electrons.